The highest BCUT2D eigenvalue weighted by Gasteiger charge is 2.08. The molecular weight excluding hydrogens is 224 g/mol. The van der Waals surface area contributed by atoms with Crippen molar-refractivity contribution in [2.75, 3.05) is 0 Å². The standard InChI is InChI=1S/C14H10N4/c1-9-5-6-16-8-12(9)10-3-4-13-11(7-10)14(15-2)18-17-13/h3-8H,1H3,(H,17,18). The molecule has 2 heterocycles. The lowest BCUT2D eigenvalue weighted by atomic mass is 10.0. The van der Waals surface area contributed by atoms with Crippen LogP contribution in [0.4, 0.5) is 5.82 Å². The van der Waals surface area contributed by atoms with Crippen LogP contribution in [-0.2, 0) is 0 Å². The minimum absolute atomic E-state index is 0.480. The lowest BCUT2D eigenvalue weighted by molar-refractivity contribution is 1.13. The highest BCUT2D eigenvalue weighted by Crippen LogP contribution is 2.29. The molecule has 4 heteroatoms. The SMILES string of the molecule is [C-]#[N+]c1[nH]nc2ccc(-c3cnccc3C)cc12. The summed E-state index contributed by atoms with van der Waals surface area (Å²) in [5.74, 6) is 0.480. The fourth-order valence-electron chi connectivity index (χ4n) is 2.02. The third-order valence-corrected chi connectivity index (χ3v) is 3.00. The normalized spacial score (nSPS) is 10.4. The smallest absolute Gasteiger partial charge is 0.257 e. The average Bonchev–Trinajstić information content (AvgIpc) is 2.81. The van der Waals surface area contributed by atoms with E-state index in [0.717, 1.165) is 27.6 Å². The summed E-state index contributed by atoms with van der Waals surface area (Å²) < 4.78 is 0. The van der Waals surface area contributed by atoms with Gasteiger partial charge in [0, 0.05) is 23.3 Å². The van der Waals surface area contributed by atoms with Crippen LogP contribution >= 0.6 is 0 Å². The van der Waals surface area contributed by atoms with E-state index in [2.05, 4.69) is 20.0 Å². The third kappa shape index (κ3) is 1.54. The molecular formula is C14H10N4. The number of aryl methyl sites for hydroxylation is 1. The van der Waals surface area contributed by atoms with Crippen LogP contribution in [0.25, 0.3) is 26.9 Å². The van der Waals surface area contributed by atoms with Gasteiger partial charge in [0.05, 0.1) is 0 Å². The molecule has 1 aromatic carbocycles. The summed E-state index contributed by atoms with van der Waals surface area (Å²) >= 11 is 0. The summed E-state index contributed by atoms with van der Waals surface area (Å²) in [5, 5.41) is 7.68. The first-order valence-electron chi connectivity index (χ1n) is 5.56. The molecule has 0 saturated heterocycles. The van der Waals surface area contributed by atoms with Crippen molar-refractivity contribution in [3.63, 3.8) is 0 Å². The highest BCUT2D eigenvalue weighted by molar-refractivity contribution is 5.93. The van der Waals surface area contributed by atoms with Crippen LogP contribution in [0.5, 0.6) is 0 Å². The number of hydrogen-bond donors (Lipinski definition) is 1. The molecule has 0 amide bonds. The first-order valence-corrected chi connectivity index (χ1v) is 5.56. The Balaban J connectivity index is 2.25. The van der Waals surface area contributed by atoms with Crippen molar-refractivity contribution in [2.24, 2.45) is 0 Å². The van der Waals surface area contributed by atoms with E-state index in [1.54, 1.807) is 6.20 Å². The van der Waals surface area contributed by atoms with Crippen LogP contribution in [0.15, 0.2) is 36.7 Å². The van der Waals surface area contributed by atoms with Crippen molar-refractivity contribution in [3.8, 4) is 11.1 Å². The van der Waals surface area contributed by atoms with Crippen molar-refractivity contribution < 1.29 is 0 Å². The Morgan fingerprint density at radius 2 is 2.17 bits per heavy atom. The Bertz CT molecular complexity index is 765. The Morgan fingerprint density at radius 3 is 2.94 bits per heavy atom. The maximum atomic E-state index is 7.10. The van der Waals surface area contributed by atoms with E-state index in [1.807, 2.05) is 37.4 Å². The van der Waals surface area contributed by atoms with E-state index in [9.17, 15) is 0 Å². The van der Waals surface area contributed by atoms with Crippen molar-refractivity contribution in [3.05, 3.63) is 53.6 Å². The third-order valence-electron chi connectivity index (χ3n) is 3.00. The van der Waals surface area contributed by atoms with Crippen LogP contribution in [-0.4, -0.2) is 15.2 Å². The van der Waals surface area contributed by atoms with E-state index in [-0.39, 0.29) is 0 Å². The van der Waals surface area contributed by atoms with Crippen LogP contribution in [0.1, 0.15) is 5.56 Å². The molecule has 0 radical (unpaired) electrons. The van der Waals surface area contributed by atoms with Crippen LogP contribution < -0.4 is 0 Å². The lowest BCUT2D eigenvalue weighted by Gasteiger charge is -2.04. The van der Waals surface area contributed by atoms with E-state index < -0.39 is 0 Å². The highest BCUT2D eigenvalue weighted by atomic mass is 15.2. The quantitative estimate of drug-likeness (QED) is 0.655. The van der Waals surface area contributed by atoms with E-state index >= 15 is 0 Å². The summed E-state index contributed by atoms with van der Waals surface area (Å²) in [6.45, 7) is 9.15. The molecule has 1 N–H and O–H groups in total. The molecule has 0 aliphatic carbocycles. The monoisotopic (exact) mass is 234 g/mol. The number of aromatic amines is 1. The summed E-state index contributed by atoms with van der Waals surface area (Å²) in [6, 6.07) is 7.88. The van der Waals surface area contributed by atoms with Gasteiger partial charge in [0.25, 0.3) is 5.82 Å². The van der Waals surface area contributed by atoms with Crippen molar-refractivity contribution >= 4 is 16.7 Å². The number of nitrogens with zero attached hydrogens (tertiary/aromatic N) is 3. The lowest BCUT2D eigenvalue weighted by Crippen LogP contribution is -1.84. The molecule has 0 fully saturated rings. The Hall–Kier alpha value is -2.67. The van der Waals surface area contributed by atoms with Gasteiger partial charge in [-0.2, -0.15) is 0 Å². The number of benzene rings is 1. The second-order valence-electron chi connectivity index (χ2n) is 4.11. The van der Waals surface area contributed by atoms with Gasteiger partial charge < -0.3 is 4.85 Å². The zero-order valence-electron chi connectivity index (χ0n) is 9.81. The first-order chi connectivity index (χ1) is 8.79. The number of aromatic nitrogens is 3. The molecule has 4 nitrogen and oxygen atoms in total. The summed E-state index contributed by atoms with van der Waals surface area (Å²) in [7, 11) is 0. The molecule has 0 spiro atoms. The average molecular weight is 234 g/mol. The van der Waals surface area contributed by atoms with E-state index in [1.165, 1.54) is 0 Å². The van der Waals surface area contributed by atoms with E-state index in [4.69, 9.17) is 6.57 Å². The predicted octanol–water partition coefficient (Wildman–Crippen LogP) is 3.48. The predicted molar refractivity (Wildman–Crippen MR) is 70.3 cm³/mol. The van der Waals surface area contributed by atoms with E-state index in [0.29, 0.717) is 5.82 Å². The fraction of sp³-hybridized carbons (Fsp3) is 0.0714. The van der Waals surface area contributed by atoms with Gasteiger partial charge in [0.1, 0.15) is 5.52 Å². The molecule has 0 bridgehead atoms. The largest absolute Gasteiger partial charge is 0.362 e. The van der Waals surface area contributed by atoms with Crippen molar-refractivity contribution in [1.29, 1.82) is 0 Å². The van der Waals surface area contributed by atoms with Gasteiger partial charge >= 0.3 is 0 Å². The molecule has 0 aliphatic heterocycles. The first kappa shape index (κ1) is 10.5. The zero-order chi connectivity index (χ0) is 12.5. The molecule has 86 valence electrons. The number of H-pyrrole nitrogens is 1. The maximum Gasteiger partial charge on any atom is 0.257 e. The van der Waals surface area contributed by atoms with Gasteiger partial charge in [-0.05, 0) is 30.2 Å². The van der Waals surface area contributed by atoms with Crippen LogP contribution in [0.3, 0.4) is 0 Å². The Kier molecular flexibility index (Phi) is 2.31. The number of nitrogens with one attached hydrogen (secondary N) is 1. The minimum Gasteiger partial charge on any atom is -0.362 e. The number of fused-ring (bicyclic) bond motifs is 1. The molecule has 0 unspecified atom stereocenters. The molecule has 18 heavy (non-hydrogen) atoms. The number of rotatable bonds is 1. The number of pyridine rings is 1. The van der Waals surface area contributed by atoms with Crippen LogP contribution in [0.2, 0.25) is 0 Å². The van der Waals surface area contributed by atoms with Crippen molar-refractivity contribution in [2.45, 2.75) is 6.92 Å². The number of hydrogen-bond acceptors (Lipinski definition) is 2. The summed E-state index contributed by atoms with van der Waals surface area (Å²) in [4.78, 5) is 7.58. The maximum absolute atomic E-state index is 7.10. The topological polar surface area (TPSA) is 45.9 Å². The van der Waals surface area contributed by atoms with Crippen molar-refractivity contribution in [1.82, 2.24) is 15.2 Å². The Labute approximate surface area is 104 Å². The Morgan fingerprint density at radius 1 is 1.28 bits per heavy atom. The summed E-state index contributed by atoms with van der Waals surface area (Å²) in [6.07, 6.45) is 3.62. The minimum atomic E-state index is 0.480. The van der Waals surface area contributed by atoms with Gasteiger partial charge in [-0.1, -0.05) is 18.7 Å². The van der Waals surface area contributed by atoms with Gasteiger partial charge in [-0.3, -0.25) is 4.98 Å². The van der Waals surface area contributed by atoms with Gasteiger partial charge in [-0.25, -0.2) is 5.10 Å². The molecule has 3 aromatic rings. The van der Waals surface area contributed by atoms with Gasteiger partial charge in [-0.15, -0.1) is 5.10 Å². The second-order valence-corrected chi connectivity index (χ2v) is 4.11. The molecule has 2 aromatic heterocycles. The summed E-state index contributed by atoms with van der Waals surface area (Å²) in [5.41, 5.74) is 4.11. The van der Waals surface area contributed by atoms with Gasteiger partial charge in [0.2, 0.25) is 0 Å². The second kappa shape index (κ2) is 3.97. The van der Waals surface area contributed by atoms with Gasteiger partial charge in [0.15, 0.2) is 0 Å². The molecule has 0 saturated carbocycles. The molecule has 3 rings (SSSR count). The zero-order valence-corrected chi connectivity index (χ0v) is 9.81. The molecule has 0 atom stereocenters. The van der Waals surface area contributed by atoms with Crippen LogP contribution in [0, 0.1) is 13.5 Å². The fourth-order valence-corrected chi connectivity index (χ4v) is 2.02. The molecule has 0 aliphatic rings.